The van der Waals surface area contributed by atoms with Gasteiger partial charge in [0.05, 0.1) is 0 Å². The third-order valence-corrected chi connectivity index (χ3v) is 4.51. The quantitative estimate of drug-likeness (QED) is 0.874. The molecule has 1 aromatic rings. The highest BCUT2D eigenvalue weighted by Gasteiger charge is 2.42. The molecule has 1 aromatic carbocycles. The second kappa shape index (κ2) is 5.65. The van der Waals surface area contributed by atoms with E-state index in [4.69, 9.17) is 16.3 Å². The van der Waals surface area contributed by atoms with Gasteiger partial charge in [0.15, 0.2) is 6.61 Å². The molecule has 0 radical (unpaired) electrons. The zero-order valence-corrected chi connectivity index (χ0v) is 12.5. The summed E-state index contributed by atoms with van der Waals surface area (Å²) in [5, 5.41) is 3.86. The average molecular weight is 294 g/mol. The van der Waals surface area contributed by atoms with E-state index in [2.05, 4.69) is 5.32 Å². The van der Waals surface area contributed by atoms with Crippen LogP contribution in [0.3, 0.4) is 0 Å². The molecule has 0 aliphatic heterocycles. The van der Waals surface area contributed by atoms with Gasteiger partial charge < -0.3 is 10.1 Å². The summed E-state index contributed by atoms with van der Waals surface area (Å²) >= 11 is 5.96. The molecule has 2 saturated carbocycles. The molecular weight excluding hydrogens is 274 g/mol. The van der Waals surface area contributed by atoms with Crippen molar-refractivity contribution >= 4 is 17.5 Å². The lowest BCUT2D eigenvalue weighted by Gasteiger charge is -2.17. The number of nitrogens with one attached hydrogen (secondary N) is 1. The first-order chi connectivity index (χ1) is 9.63. The fraction of sp³-hybridized carbons (Fsp3) is 0.562. The van der Waals surface area contributed by atoms with Crippen LogP contribution in [0.2, 0.25) is 5.02 Å². The van der Waals surface area contributed by atoms with E-state index in [0.717, 1.165) is 5.56 Å². The van der Waals surface area contributed by atoms with Gasteiger partial charge in [-0.05, 0) is 68.2 Å². The maximum atomic E-state index is 12.0. The van der Waals surface area contributed by atoms with E-state index >= 15 is 0 Å². The number of amides is 1. The van der Waals surface area contributed by atoms with Gasteiger partial charge in [-0.1, -0.05) is 11.6 Å². The normalized spacial score (nSPS) is 18.1. The number of hydrogen-bond donors (Lipinski definition) is 1. The number of halogens is 1. The molecule has 2 fully saturated rings. The minimum absolute atomic E-state index is 0.0126. The molecule has 0 bridgehead atoms. The minimum atomic E-state index is -0.0126. The lowest BCUT2D eigenvalue weighted by atomic mass is 10.1. The standard InChI is InChI=1S/C16H20ClNO2/c1-10-8-13(6-7-14(10)17)20-9-15(19)18-16(11-2-3-11)12-4-5-12/h6-8,11-12,16H,2-5,9H2,1H3,(H,18,19). The van der Waals surface area contributed by atoms with E-state index in [0.29, 0.717) is 28.6 Å². The van der Waals surface area contributed by atoms with Crippen molar-refractivity contribution in [1.29, 1.82) is 0 Å². The number of carbonyl (C=O) groups is 1. The molecule has 2 aliphatic carbocycles. The fourth-order valence-electron chi connectivity index (χ4n) is 2.61. The Morgan fingerprint density at radius 2 is 2.00 bits per heavy atom. The zero-order valence-electron chi connectivity index (χ0n) is 11.7. The molecule has 1 amide bonds. The lowest BCUT2D eigenvalue weighted by molar-refractivity contribution is -0.124. The molecule has 3 rings (SSSR count). The van der Waals surface area contributed by atoms with Crippen LogP contribution < -0.4 is 10.1 Å². The van der Waals surface area contributed by atoms with E-state index in [1.807, 2.05) is 13.0 Å². The van der Waals surface area contributed by atoms with Crippen LogP contribution in [0.1, 0.15) is 31.2 Å². The van der Waals surface area contributed by atoms with Crippen LogP contribution in [0.15, 0.2) is 18.2 Å². The predicted molar refractivity (Wildman–Crippen MR) is 79.1 cm³/mol. The van der Waals surface area contributed by atoms with Crippen LogP contribution >= 0.6 is 11.6 Å². The molecule has 4 heteroatoms. The Morgan fingerprint density at radius 3 is 2.55 bits per heavy atom. The van der Waals surface area contributed by atoms with Gasteiger partial charge >= 0.3 is 0 Å². The number of carbonyl (C=O) groups excluding carboxylic acids is 1. The second-order valence-corrected chi connectivity index (χ2v) is 6.38. The van der Waals surface area contributed by atoms with E-state index < -0.39 is 0 Å². The maximum Gasteiger partial charge on any atom is 0.258 e. The summed E-state index contributed by atoms with van der Waals surface area (Å²) in [5.74, 6) is 2.10. The molecule has 0 atom stereocenters. The van der Waals surface area contributed by atoms with Gasteiger partial charge in [0.1, 0.15) is 5.75 Å². The smallest absolute Gasteiger partial charge is 0.258 e. The zero-order chi connectivity index (χ0) is 14.1. The molecule has 0 saturated heterocycles. The van der Waals surface area contributed by atoms with Gasteiger partial charge in [0.25, 0.3) is 5.91 Å². The van der Waals surface area contributed by atoms with Crippen molar-refractivity contribution in [1.82, 2.24) is 5.32 Å². The first kappa shape index (κ1) is 13.7. The van der Waals surface area contributed by atoms with E-state index in [1.54, 1.807) is 12.1 Å². The van der Waals surface area contributed by atoms with Crippen molar-refractivity contribution in [3.63, 3.8) is 0 Å². The van der Waals surface area contributed by atoms with Crippen LogP contribution in [0.25, 0.3) is 0 Å². The Hall–Kier alpha value is -1.22. The predicted octanol–water partition coefficient (Wildman–Crippen LogP) is 3.33. The minimum Gasteiger partial charge on any atom is -0.484 e. The summed E-state index contributed by atoms with van der Waals surface area (Å²) in [7, 11) is 0. The van der Waals surface area contributed by atoms with Crippen LogP contribution in [-0.4, -0.2) is 18.6 Å². The van der Waals surface area contributed by atoms with Crippen LogP contribution in [0, 0.1) is 18.8 Å². The van der Waals surface area contributed by atoms with Crippen molar-refractivity contribution in [2.45, 2.75) is 38.6 Å². The molecule has 0 unspecified atom stereocenters. The Morgan fingerprint density at radius 1 is 1.35 bits per heavy atom. The topological polar surface area (TPSA) is 38.3 Å². The highest BCUT2D eigenvalue weighted by molar-refractivity contribution is 6.31. The van der Waals surface area contributed by atoms with E-state index in [1.165, 1.54) is 25.7 Å². The van der Waals surface area contributed by atoms with Crippen molar-refractivity contribution in [3.05, 3.63) is 28.8 Å². The van der Waals surface area contributed by atoms with Gasteiger partial charge in [-0.3, -0.25) is 4.79 Å². The first-order valence-corrected chi connectivity index (χ1v) is 7.69. The van der Waals surface area contributed by atoms with Crippen molar-refractivity contribution in [2.24, 2.45) is 11.8 Å². The number of ether oxygens (including phenoxy) is 1. The van der Waals surface area contributed by atoms with E-state index in [9.17, 15) is 4.79 Å². The van der Waals surface area contributed by atoms with Crippen molar-refractivity contribution < 1.29 is 9.53 Å². The Bertz CT molecular complexity index is 497. The number of rotatable bonds is 6. The van der Waals surface area contributed by atoms with Gasteiger partial charge in [0, 0.05) is 11.1 Å². The Balaban J connectivity index is 1.49. The van der Waals surface area contributed by atoms with Crippen molar-refractivity contribution in [3.8, 4) is 5.75 Å². The lowest BCUT2D eigenvalue weighted by Crippen LogP contribution is -2.40. The molecular formula is C16H20ClNO2. The molecule has 0 aromatic heterocycles. The largest absolute Gasteiger partial charge is 0.484 e. The Kier molecular flexibility index (Phi) is 3.88. The average Bonchev–Trinajstić information content (AvgIpc) is 3.28. The molecule has 0 spiro atoms. The number of aryl methyl sites for hydroxylation is 1. The van der Waals surface area contributed by atoms with Gasteiger partial charge in [-0.2, -0.15) is 0 Å². The summed E-state index contributed by atoms with van der Waals surface area (Å²) in [5.41, 5.74) is 0.957. The SMILES string of the molecule is Cc1cc(OCC(=O)NC(C2CC2)C2CC2)ccc1Cl. The Labute approximate surface area is 124 Å². The summed E-state index contributed by atoms with van der Waals surface area (Å²) < 4.78 is 5.53. The number of hydrogen-bond acceptors (Lipinski definition) is 2. The molecule has 20 heavy (non-hydrogen) atoms. The number of benzene rings is 1. The molecule has 3 nitrogen and oxygen atoms in total. The van der Waals surface area contributed by atoms with Gasteiger partial charge in [0.2, 0.25) is 0 Å². The molecule has 0 heterocycles. The fourth-order valence-corrected chi connectivity index (χ4v) is 2.73. The van der Waals surface area contributed by atoms with Crippen LogP contribution in [-0.2, 0) is 4.79 Å². The summed E-state index contributed by atoms with van der Waals surface area (Å²) in [6.07, 6.45) is 5.05. The first-order valence-electron chi connectivity index (χ1n) is 7.32. The highest BCUT2D eigenvalue weighted by Crippen LogP contribution is 2.44. The maximum absolute atomic E-state index is 12.0. The molecule has 1 N–H and O–H groups in total. The monoisotopic (exact) mass is 293 g/mol. The molecule has 2 aliphatic rings. The van der Waals surface area contributed by atoms with Crippen LogP contribution in [0.4, 0.5) is 0 Å². The third-order valence-electron chi connectivity index (χ3n) is 4.09. The third kappa shape index (κ3) is 3.45. The highest BCUT2D eigenvalue weighted by atomic mass is 35.5. The summed E-state index contributed by atoms with van der Waals surface area (Å²) in [6, 6.07) is 5.83. The van der Waals surface area contributed by atoms with Gasteiger partial charge in [-0.25, -0.2) is 0 Å². The molecule has 108 valence electrons. The second-order valence-electron chi connectivity index (χ2n) is 5.97. The van der Waals surface area contributed by atoms with Gasteiger partial charge in [-0.15, -0.1) is 0 Å². The summed E-state index contributed by atoms with van der Waals surface area (Å²) in [4.78, 5) is 12.0. The van der Waals surface area contributed by atoms with E-state index in [-0.39, 0.29) is 12.5 Å². The van der Waals surface area contributed by atoms with Crippen LogP contribution in [0.5, 0.6) is 5.75 Å². The summed E-state index contributed by atoms with van der Waals surface area (Å²) in [6.45, 7) is 2.00. The van der Waals surface area contributed by atoms with Crippen molar-refractivity contribution in [2.75, 3.05) is 6.61 Å².